The zero-order valence-electron chi connectivity index (χ0n) is 18.3. The van der Waals surface area contributed by atoms with Gasteiger partial charge >= 0.3 is 0 Å². The van der Waals surface area contributed by atoms with E-state index < -0.39 is 0 Å². The molecule has 7 heteroatoms. The van der Waals surface area contributed by atoms with E-state index in [4.69, 9.17) is 0 Å². The molecular formula is C22H35N5O2. The van der Waals surface area contributed by atoms with E-state index in [-0.39, 0.29) is 11.8 Å². The SMILES string of the molecule is CCNC(=NCCCC(=O)N1Cc2ccccc2C1)N(C)CC(=O)N(CC)CC. The summed E-state index contributed by atoms with van der Waals surface area (Å²) in [5.74, 6) is 0.965. The van der Waals surface area contributed by atoms with Crippen molar-refractivity contribution in [2.45, 2.75) is 46.7 Å². The number of carbonyl (C=O) groups excluding carboxylic acids is 2. The third-order valence-electron chi connectivity index (χ3n) is 5.19. The Labute approximate surface area is 174 Å². The van der Waals surface area contributed by atoms with Gasteiger partial charge in [-0.25, -0.2) is 0 Å². The lowest BCUT2D eigenvalue weighted by Crippen LogP contribution is -2.45. The Morgan fingerprint density at radius 1 is 1.10 bits per heavy atom. The van der Waals surface area contributed by atoms with Gasteiger partial charge < -0.3 is 20.0 Å². The van der Waals surface area contributed by atoms with Crippen molar-refractivity contribution in [3.05, 3.63) is 35.4 Å². The second kappa shape index (κ2) is 11.4. The molecule has 0 atom stereocenters. The minimum atomic E-state index is 0.0897. The largest absolute Gasteiger partial charge is 0.357 e. The highest BCUT2D eigenvalue weighted by molar-refractivity contribution is 5.86. The summed E-state index contributed by atoms with van der Waals surface area (Å²) in [6.45, 7) is 10.4. The van der Waals surface area contributed by atoms with Crippen molar-refractivity contribution in [3.8, 4) is 0 Å². The predicted octanol–water partition coefficient (Wildman–Crippen LogP) is 2.07. The summed E-state index contributed by atoms with van der Waals surface area (Å²) in [6.07, 6.45) is 1.18. The zero-order valence-corrected chi connectivity index (χ0v) is 18.3. The van der Waals surface area contributed by atoms with E-state index in [2.05, 4.69) is 22.4 Å². The average Bonchev–Trinajstić information content (AvgIpc) is 3.15. The number of guanidine groups is 1. The number of hydrogen-bond donors (Lipinski definition) is 1. The Bertz CT molecular complexity index is 690. The third kappa shape index (κ3) is 6.48. The van der Waals surface area contributed by atoms with E-state index in [0.717, 1.165) is 6.54 Å². The maximum Gasteiger partial charge on any atom is 0.242 e. The first-order valence-electron chi connectivity index (χ1n) is 10.6. The molecule has 0 spiro atoms. The maximum atomic E-state index is 12.5. The number of carbonyl (C=O) groups is 2. The molecular weight excluding hydrogens is 366 g/mol. The van der Waals surface area contributed by atoms with Crippen molar-refractivity contribution in [2.24, 2.45) is 4.99 Å². The summed E-state index contributed by atoms with van der Waals surface area (Å²) < 4.78 is 0. The van der Waals surface area contributed by atoms with Gasteiger partial charge in [0.05, 0.1) is 6.54 Å². The van der Waals surface area contributed by atoms with E-state index in [1.54, 1.807) is 0 Å². The summed E-state index contributed by atoms with van der Waals surface area (Å²) in [5.41, 5.74) is 2.49. The lowest BCUT2D eigenvalue weighted by atomic mass is 10.1. The van der Waals surface area contributed by atoms with Gasteiger partial charge in [-0.1, -0.05) is 24.3 Å². The zero-order chi connectivity index (χ0) is 21.2. The van der Waals surface area contributed by atoms with Crippen LogP contribution in [0.5, 0.6) is 0 Å². The van der Waals surface area contributed by atoms with Crippen molar-refractivity contribution in [3.63, 3.8) is 0 Å². The van der Waals surface area contributed by atoms with Crippen molar-refractivity contribution in [2.75, 3.05) is 39.8 Å². The van der Waals surface area contributed by atoms with Gasteiger partial charge in [0.1, 0.15) is 0 Å². The van der Waals surface area contributed by atoms with E-state index in [1.807, 2.05) is 54.7 Å². The Morgan fingerprint density at radius 2 is 1.72 bits per heavy atom. The summed E-state index contributed by atoms with van der Waals surface area (Å²) >= 11 is 0. The number of nitrogens with one attached hydrogen (secondary N) is 1. The average molecular weight is 402 g/mol. The van der Waals surface area contributed by atoms with Crippen molar-refractivity contribution < 1.29 is 9.59 Å². The van der Waals surface area contributed by atoms with Gasteiger partial charge in [-0.15, -0.1) is 0 Å². The van der Waals surface area contributed by atoms with Crippen LogP contribution < -0.4 is 5.32 Å². The Morgan fingerprint density at radius 3 is 2.28 bits per heavy atom. The Balaban J connectivity index is 1.81. The van der Waals surface area contributed by atoms with E-state index in [0.29, 0.717) is 58.1 Å². The molecule has 0 aliphatic carbocycles. The first-order chi connectivity index (χ1) is 14.0. The van der Waals surface area contributed by atoms with Gasteiger partial charge in [-0.2, -0.15) is 0 Å². The number of hydrogen-bond acceptors (Lipinski definition) is 3. The fourth-order valence-electron chi connectivity index (χ4n) is 3.51. The van der Waals surface area contributed by atoms with Crippen LogP contribution in [-0.2, 0) is 22.7 Å². The minimum absolute atomic E-state index is 0.0897. The summed E-state index contributed by atoms with van der Waals surface area (Å²) in [7, 11) is 1.87. The molecule has 0 aromatic heterocycles. The lowest BCUT2D eigenvalue weighted by molar-refractivity contribution is -0.132. The number of aliphatic imine (C=N–C) groups is 1. The number of rotatable bonds is 9. The van der Waals surface area contributed by atoms with Crippen LogP contribution in [0.1, 0.15) is 44.7 Å². The first kappa shape index (κ1) is 22.7. The lowest BCUT2D eigenvalue weighted by Gasteiger charge is -2.25. The molecule has 160 valence electrons. The van der Waals surface area contributed by atoms with Gasteiger partial charge in [0.15, 0.2) is 5.96 Å². The Hall–Kier alpha value is -2.57. The normalized spacial score (nSPS) is 13.2. The molecule has 0 bridgehead atoms. The molecule has 1 aliphatic heterocycles. The number of fused-ring (bicyclic) bond motifs is 1. The van der Waals surface area contributed by atoms with Gasteiger partial charge in [-0.05, 0) is 38.3 Å². The molecule has 0 fully saturated rings. The van der Waals surface area contributed by atoms with Crippen LogP contribution in [0.4, 0.5) is 0 Å². The van der Waals surface area contributed by atoms with Crippen LogP contribution in [0, 0.1) is 0 Å². The van der Waals surface area contributed by atoms with Crippen LogP contribution in [0.25, 0.3) is 0 Å². The quantitative estimate of drug-likeness (QED) is 0.391. The smallest absolute Gasteiger partial charge is 0.242 e. The highest BCUT2D eigenvalue weighted by atomic mass is 16.2. The number of benzene rings is 1. The Kier molecular flexibility index (Phi) is 8.96. The molecule has 1 aromatic rings. The number of amides is 2. The van der Waals surface area contributed by atoms with E-state index in [1.165, 1.54) is 11.1 Å². The summed E-state index contributed by atoms with van der Waals surface area (Å²) in [6, 6.07) is 8.21. The standard InChI is InChI=1S/C22H35N5O2/c1-5-23-22(25(4)17-21(29)26(6-2)7-3)24-14-10-13-20(28)27-15-18-11-8-9-12-19(18)16-27/h8-9,11-12H,5-7,10,13-17H2,1-4H3,(H,23,24). The number of likely N-dealkylation sites (N-methyl/N-ethyl adjacent to an activating group) is 2. The monoisotopic (exact) mass is 401 g/mol. The molecule has 1 aromatic carbocycles. The topological polar surface area (TPSA) is 68.2 Å². The fourth-order valence-corrected chi connectivity index (χ4v) is 3.51. The van der Waals surface area contributed by atoms with Crippen molar-refractivity contribution in [1.29, 1.82) is 0 Å². The maximum absolute atomic E-state index is 12.5. The molecule has 29 heavy (non-hydrogen) atoms. The molecule has 2 rings (SSSR count). The van der Waals surface area contributed by atoms with Crippen LogP contribution >= 0.6 is 0 Å². The predicted molar refractivity (Wildman–Crippen MR) is 116 cm³/mol. The van der Waals surface area contributed by atoms with Gasteiger partial charge in [0.25, 0.3) is 0 Å². The van der Waals surface area contributed by atoms with Gasteiger partial charge in [0.2, 0.25) is 11.8 Å². The molecule has 1 heterocycles. The van der Waals surface area contributed by atoms with Crippen LogP contribution in [0.3, 0.4) is 0 Å². The fraction of sp³-hybridized carbons (Fsp3) is 0.591. The van der Waals surface area contributed by atoms with E-state index in [9.17, 15) is 9.59 Å². The number of nitrogens with zero attached hydrogens (tertiary/aromatic N) is 4. The summed E-state index contributed by atoms with van der Waals surface area (Å²) in [5, 5.41) is 3.23. The van der Waals surface area contributed by atoms with Gasteiger partial charge in [-0.3, -0.25) is 14.6 Å². The molecule has 0 saturated carbocycles. The molecule has 0 radical (unpaired) electrons. The van der Waals surface area contributed by atoms with Crippen LogP contribution in [0.2, 0.25) is 0 Å². The molecule has 0 unspecified atom stereocenters. The first-order valence-corrected chi connectivity index (χ1v) is 10.6. The highest BCUT2D eigenvalue weighted by Crippen LogP contribution is 2.22. The van der Waals surface area contributed by atoms with Crippen molar-refractivity contribution >= 4 is 17.8 Å². The minimum Gasteiger partial charge on any atom is -0.357 e. The highest BCUT2D eigenvalue weighted by Gasteiger charge is 2.22. The molecule has 1 aliphatic rings. The van der Waals surface area contributed by atoms with Gasteiger partial charge in [0, 0.05) is 52.7 Å². The second-order valence-electron chi connectivity index (χ2n) is 7.28. The van der Waals surface area contributed by atoms with Crippen LogP contribution in [0.15, 0.2) is 29.3 Å². The van der Waals surface area contributed by atoms with Crippen molar-refractivity contribution in [1.82, 2.24) is 20.0 Å². The second-order valence-corrected chi connectivity index (χ2v) is 7.28. The van der Waals surface area contributed by atoms with Crippen LogP contribution in [-0.4, -0.2) is 72.2 Å². The molecule has 1 N–H and O–H groups in total. The molecule has 0 saturated heterocycles. The molecule has 7 nitrogen and oxygen atoms in total. The molecule has 2 amide bonds. The third-order valence-corrected chi connectivity index (χ3v) is 5.19. The summed E-state index contributed by atoms with van der Waals surface area (Å²) in [4.78, 5) is 35.0. The van der Waals surface area contributed by atoms with E-state index >= 15 is 0 Å².